The van der Waals surface area contributed by atoms with Crippen molar-refractivity contribution in [3.05, 3.63) is 64.3 Å². The molecular formula is C23H22ClN5. The quantitative estimate of drug-likeness (QED) is 0.437. The Morgan fingerprint density at radius 1 is 1.07 bits per heavy atom. The van der Waals surface area contributed by atoms with E-state index >= 15 is 0 Å². The molecule has 2 rings (SSSR count). The largest absolute Gasteiger partial charge is 0.372 e. The molecule has 2 aromatic carbocycles. The van der Waals surface area contributed by atoms with Gasteiger partial charge in [-0.1, -0.05) is 23.7 Å². The summed E-state index contributed by atoms with van der Waals surface area (Å²) >= 11 is 5.98. The van der Waals surface area contributed by atoms with E-state index in [9.17, 15) is 10.5 Å². The molecule has 0 fully saturated rings. The minimum atomic E-state index is 0.0324. The number of aryl methyl sites for hydroxylation is 1. The number of nitriles is 2. The fourth-order valence-electron chi connectivity index (χ4n) is 2.98. The lowest BCUT2D eigenvalue weighted by Crippen LogP contribution is -2.21. The van der Waals surface area contributed by atoms with E-state index in [2.05, 4.69) is 41.5 Å². The lowest BCUT2D eigenvalue weighted by Gasteiger charge is -2.21. The van der Waals surface area contributed by atoms with Crippen LogP contribution in [0, 0.1) is 29.6 Å². The number of hydrogen-bond acceptors (Lipinski definition) is 5. The molecule has 6 heteroatoms. The number of allylic oxidation sites excluding steroid dienone is 2. The Morgan fingerprint density at radius 3 is 2.21 bits per heavy atom. The second kappa shape index (κ2) is 10.2. The number of benzene rings is 2. The van der Waals surface area contributed by atoms with Gasteiger partial charge in [0.05, 0.1) is 11.3 Å². The molecule has 2 aromatic rings. The molecule has 5 nitrogen and oxygen atoms in total. The number of halogens is 1. The van der Waals surface area contributed by atoms with Crippen LogP contribution in [0.25, 0.3) is 5.57 Å². The summed E-state index contributed by atoms with van der Waals surface area (Å²) in [6.07, 6.45) is 0. The van der Waals surface area contributed by atoms with E-state index in [1.54, 1.807) is 24.3 Å². The molecular weight excluding hydrogens is 382 g/mol. The van der Waals surface area contributed by atoms with Crippen LogP contribution in [0.5, 0.6) is 0 Å². The monoisotopic (exact) mass is 403 g/mol. The number of aliphatic imine (C=N–C) groups is 2. The van der Waals surface area contributed by atoms with Gasteiger partial charge in [-0.2, -0.15) is 10.5 Å². The molecule has 0 aliphatic carbocycles. The van der Waals surface area contributed by atoms with Gasteiger partial charge < -0.3 is 4.90 Å². The molecule has 0 saturated heterocycles. The van der Waals surface area contributed by atoms with Gasteiger partial charge in [0.15, 0.2) is 5.71 Å². The molecule has 0 saturated carbocycles. The van der Waals surface area contributed by atoms with Crippen LogP contribution in [0.1, 0.15) is 25.0 Å². The summed E-state index contributed by atoms with van der Waals surface area (Å²) in [6.45, 7) is 11.4. The molecule has 0 spiro atoms. The minimum Gasteiger partial charge on any atom is -0.372 e. The van der Waals surface area contributed by atoms with Crippen molar-refractivity contribution in [2.24, 2.45) is 9.98 Å². The molecule has 0 amide bonds. The number of anilines is 1. The highest BCUT2D eigenvalue weighted by Crippen LogP contribution is 2.29. The third kappa shape index (κ3) is 5.10. The molecule has 0 aliphatic heterocycles. The summed E-state index contributed by atoms with van der Waals surface area (Å²) in [6, 6.07) is 16.8. The Kier molecular flexibility index (Phi) is 7.71. The summed E-state index contributed by atoms with van der Waals surface area (Å²) in [5.74, 6) is 0. The van der Waals surface area contributed by atoms with Gasteiger partial charge in [0, 0.05) is 23.8 Å². The Hall–Kier alpha value is -3.41. The number of nitrogens with zero attached hydrogens (tertiary/aromatic N) is 5. The van der Waals surface area contributed by atoms with Gasteiger partial charge in [-0.15, -0.1) is 0 Å². The molecule has 0 N–H and O–H groups in total. The Balaban J connectivity index is 2.62. The highest BCUT2D eigenvalue weighted by Gasteiger charge is 2.16. The van der Waals surface area contributed by atoms with Crippen molar-refractivity contribution in [2.75, 3.05) is 18.0 Å². The van der Waals surface area contributed by atoms with Crippen molar-refractivity contribution in [3.63, 3.8) is 0 Å². The normalized spacial score (nSPS) is 11.9. The first-order chi connectivity index (χ1) is 14.0. The Labute approximate surface area is 176 Å². The zero-order valence-electron chi connectivity index (χ0n) is 16.8. The molecule has 0 bridgehead atoms. The van der Waals surface area contributed by atoms with E-state index < -0.39 is 0 Å². The molecule has 0 radical (unpaired) electrons. The fraction of sp³-hybridized carbons (Fsp3) is 0.217. The lowest BCUT2D eigenvalue weighted by atomic mass is 9.99. The smallest absolute Gasteiger partial charge is 0.151 e. The number of rotatable bonds is 7. The van der Waals surface area contributed by atoms with Crippen molar-refractivity contribution >= 4 is 41.0 Å². The maximum Gasteiger partial charge on any atom is 0.151 e. The molecule has 0 unspecified atom stereocenters. The van der Waals surface area contributed by atoms with Crippen LogP contribution in [0.2, 0.25) is 5.02 Å². The predicted molar refractivity (Wildman–Crippen MR) is 121 cm³/mol. The second-order valence-corrected chi connectivity index (χ2v) is 6.65. The van der Waals surface area contributed by atoms with Crippen LogP contribution in [0.15, 0.2) is 58.1 Å². The topological polar surface area (TPSA) is 75.5 Å². The Morgan fingerprint density at radius 2 is 1.72 bits per heavy atom. The van der Waals surface area contributed by atoms with Gasteiger partial charge in [0.1, 0.15) is 17.8 Å². The molecule has 146 valence electrons. The highest BCUT2D eigenvalue weighted by atomic mass is 35.5. The average molecular weight is 404 g/mol. The summed E-state index contributed by atoms with van der Waals surface area (Å²) in [4.78, 5) is 10.6. The van der Waals surface area contributed by atoms with Gasteiger partial charge in [-0.3, -0.25) is 4.99 Å². The van der Waals surface area contributed by atoms with E-state index in [-0.39, 0.29) is 11.4 Å². The maximum atomic E-state index is 9.80. The van der Waals surface area contributed by atoms with Crippen LogP contribution in [-0.4, -0.2) is 25.5 Å². The first-order valence-corrected chi connectivity index (χ1v) is 9.58. The molecule has 29 heavy (non-hydrogen) atoms. The second-order valence-electron chi connectivity index (χ2n) is 6.22. The van der Waals surface area contributed by atoms with Crippen LogP contribution >= 0.6 is 11.6 Å². The van der Waals surface area contributed by atoms with Crippen LogP contribution in [0.3, 0.4) is 0 Å². The molecule has 0 heterocycles. The third-order valence-corrected chi connectivity index (χ3v) is 4.77. The summed E-state index contributed by atoms with van der Waals surface area (Å²) in [5, 5.41) is 19.8. The molecule has 0 atom stereocenters. The highest BCUT2D eigenvalue weighted by molar-refractivity contribution is 6.33. The molecule has 0 aromatic heterocycles. The number of hydrogen-bond donors (Lipinski definition) is 0. The van der Waals surface area contributed by atoms with Gasteiger partial charge in [0.2, 0.25) is 0 Å². The fourth-order valence-corrected chi connectivity index (χ4v) is 3.11. The van der Waals surface area contributed by atoms with Gasteiger partial charge in [-0.25, -0.2) is 4.99 Å². The first-order valence-electron chi connectivity index (χ1n) is 9.20. The van der Waals surface area contributed by atoms with E-state index in [4.69, 9.17) is 11.6 Å². The van der Waals surface area contributed by atoms with Crippen LogP contribution < -0.4 is 4.90 Å². The standard InChI is InChI=1S/C23H22ClN5/c1-5-29(6-2)19-11-12-20(16(3)13-19)28-22(15-26)23(21(14-25)27-4)17-7-9-18(24)10-8-17/h7-13H,4-6H2,1-3H3/b23-21+,28-22?. The SMILES string of the molecule is C=N/C(C#N)=C(/C(C#N)=Nc1ccc(N(CC)CC)cc1C)c1ccc(Cl)cc1. The van der Waals surface area contributed by atoms with Crippen molar-refractivity contribution < 1.29 is 0 Å². The van der Waals surface area contributed by atoms with Crippen LogP contribution in [0.4, 0.5) is 11.4 Å². The Bertz CT molecular complexity index is 1030. The van der Waals surface area contributed by atoms with E-state index in [1.165, 1.54) is 0 Å². The van der Waals surface area contributed by atoms with Gasteiger partial charge in [0.25, 0.3) is 0 Å². The van der Waals surface area contributed by atoms with Gasteiger partial charge in [-0.05, 0) is 68.9 Å². The zero-order chi connectivity index (χ0) is 21.4. The van der Waals surface area contributed by atoms with Crippen molar-refractivity contribution in [2.45, 2.75) is 20.8 Å². The van der Waals surface area contributed by atoms with Crippen molar-refractivity contribution in [1.29, 1.82) is 10.5 Å². The van der Waals surface area contributed by atoms with Crippen molar-refractivity contribution in [1.82, 2.24) is 0 Å². The third-order valence-electron chi connectivity index (χ3n) is 4.52. The molecule has 0 aliphatic rings. The van der Waals surface area contributed by atoms with Gasteiger partial charge >= 0.3 is 0 Å². The summed E-state index contributed by atoms with van der Waals surface area (Å²) in [5.41, 5.74) is 3.77. The van der Waals surface area contributed by atoms with E-state index in [1.807, 2.05) is 31.2 Å². The lowest BCUT2D eigenvalue weighted by molar-refractivity contribution is 0.865. The summed E-state index contributed by atoms with van der Waals surface area (Å²) < 4.78 is 0. The average Bonchev–Trinajstić information content (AvgIpc) is 2.73. The van der Waals surface area contributed by atoms with Crippen molar-refractivity contribution in [3.8, 4) is 12.1 Å². The predicted octanol–water partition coefficient (Wildman–Crippen LogP) is 5.73. The minimum absolute atomic E-state index is 0.0324. The first kappa shape index (κ1) is 21.9. The zero-order valence-corrected chi connectivity index (χ0v) is 17.5. The maximum absolute atomic E-state index is 9.80. The van der Waals surface area contributed by atoms with E-state index in [0.717, 1.165) is 24.3 Å². The van der Waals surface area contributed by atoms with Crippen LogP contribution in [-0.2, 0) is 0 Å². The summed E-state index contributed by atoms with van der Waals surface area (Å²) in [7, 11) is 0. The van der Waals surface area contributed by atoms with E-state index in [0.29, 0.717) is 21.8 Å².